The highest BCUT2D eigenvalue weighted by molar-refractivity contribution is 7.09. The van der Waals surface area contributed by atoms with E-state index in [0.717, 1.165) is 30.3 Å². The van der Waals surface area contributed by atoms with Gasteiger partial charge in [0.1, 0.15) is 0 Å². The summed E-state index contributed by atoms with van der Waals surface area (Å²) in [4.78, 5) is 6.73. The molecule has 1 rings (SSSR count). The molecule has 0 saturated heterocycles. The lowest BCUT2D eigenvalue weighted by Crippen LogP contribution is -2.36. The Morgan fingerprint density at radius 2 is 2.33 bits per heavy atom. The summed E-state index contributed by atoms with van der Waals surface area (Å²) >= 11 is 1.71. The van der Waals surface area contributed by atoms with Crippen molar-refractivity contribution in [2.24, 2.45) is 0 Å². The predicted octanol–water partition coefficient (Wildman–Crippen LogP) is 1.88. The molecule has 0 radical (unpaired) electrons. The molecule has 4 heteroatoms. The number of aryl methyl sites for hydroxylation is 1. The molecule has 1 aromatic heterocycles. The van der Waals surface area contributed by atoms with E-state index in [2.05, 4.69) is 41.5 Å². The zero-order valence-electron chi connectivity index (χ0n) is 10.1. The van der Waals surface area contributed by atoms with Crippen molar-refractivity contribution in [2.45, 2.75) is 33.4 Å². The topological polar surface area (TPSA) is 28.2 Å². The first-order chi connectivity index (χ1) is 7.11. The summed E-state index contributed by atoms with van der Waals surface area (Å²) in [6.07, 6.45) is 0. The molecule has 3 nitrogen and oxygen atoms in total. The first kappa shape index (κ1) is 12.6. The number of hydrogen-bond donors (Lipinski definition) is 1. The van der Waals surface area contributed by atoms with Gasteiger partial charge in [-0.2, -0.15) is 0 Å². The maximum absolute atomic E-state index is 4.42. The fourth-order valence-corrected chi connectivity index (χ4v) is 2.04. The van der Waals surface area contributed by atoms with Crippen LogP contribution in [0.25, 0.3) is 0 Å². The molecule has 0 aliphatic carbocycles. The monoisotopic (exact) mass is 227 g/mol. The van der Waals surface area contributed by atoms with Crippen LogP contribution in [0.15, 0.2) is 5.38 Å². The number of thiazole rings is 1. The number of nitrogens with zero attached hydrogens (tertiary/aromatic N) is 2. The minimum absolute atomic E-state index is 0.511. The Hall–Kier alpha value is -0.450. The highest BCUT2D eigenvalue weighted by Gasteiger charge is 2.05. The molecular formula is C11H21N3S. The minimum Gasteiger partial charge on any atom is -0.307 e. The third kappa shape index (κ3) is 4.73. The molecule has 15 heavy (non-hydrogen) atoms. The zero-order valence-corrected chi connectivity index (χ0v) is 10.9. The van der Waals surface area contributed by atoms with Crippen LogP contribution in [0.3, 0.4) is 0 Å². The Balaban J connectivity index is 2.25. The molecule has 0 saturated carbocycles. The summed E-state index contributed by atoms with van der Waals surface area (Å²) in [5, 5.41) is 6.75. The molecule has 0 aliphatic heterocycles. The van der Waals surface area contributed by atoms with Crippen molar-refractivity contribution in [1.29, 1.82) is 0 Å². The molecular weight excluding hydrogens is 206 g/mol. The molecule has 0 bridgehead atoms. The smallest absolute Gasteiger partial charge is 0.0897 e. The highest BCUT2D eigenvalue weighted by Crippen LogP contribution is 2.07. The largest absolute Gasteiger partial charge is 0.307 e. The zero-order chi connectivity index (χ0) is 11.3. The second-order valence-electron chi connectivity index (χ2n) is 3.99. The van der Waals surface area contributed by atoms with E-state index in [1.165, 1.54) is 0 Å². The van der Waals surface area contributed by atoms with Crippen LogP contribution in [0.4, 0.5) is 0 Å². The average Bonchev–Trinajstić information content (AvgIpc) is 2.61. The van der Waals surface area contributed by atoms with Crippen LogP contribution in [-0.2, 0) is 6.54 Å². The highest BCUT2D eigenvalue weighted by atomic mass is 32.1. The van der Waals surface area contributed by atoms with Gasteiger partial charge in [-0.15, -0.1) is 11.3 Å². The minimum atomic E-state index is 0.511. The van der Waals surface area contributed by atoms with E-state index in [9.17, 15) is 0 Å². The Bertz CT molecular complexity index is 285. The molecule has 0 aliphatic rings. The normalized spacial score (nSPS) is 13.4. The standard InChI is InChI=1S/C11H21N3S/c1-5-14(4)7-9(2)12-6-11-8-15-10(3)13-11/h8-9,12H,5-7H2,1-4H3. The molecule has 1 unspecified atom stereocenters. The fourth-order valence-electron chi connectivity index (χ4n) is 1.43. The summed E-state index contributed by atoms with van der Waals surface area (Å²) in [5.74, 6) is 0. The van der Waals surface area contributed by atoms with Crippen LogP contribution >= 0.6 is 11.3 Å². The van der Waals surface area contributed by atoms with E-state index in [-0.39, 0.29) is 0 Å². The first-order valence-corrected chi connectivity index (χ1v) is 6.32. The van der Waals surface area contributed by atoms with Crippen molar-refractivity contribution < 1.29 is 0 Å². The van der Waals surface area contributed by atoms with Gasteiger partial charge in [0.15, 0.2) is 0 Å². The van der Waals surface area contributed by atoms with Crippen molar-refractivity contribution in [2.75, 3.05) is 20.1 Å². The third-order valence-corrected chi connectivity index (χ3v) is 3.25. The van der Waals surface area contributed by atoms with Crippen molar-refractivity contribution in [3.8, 4) is 0 Å². The lowest BCUT2D eigenvalue weighted by molar-refractivity contribution is 0.309. The molecule has 1 heterocycles. The van der Waals surface area contributed by atoms with Crippen LogP contribution in [0, 0.1) is 6.92 Å². The number of likely N-dealkylation sites (N-methyl/N-ethyl adjacent to an activating group) is 1. The molecule has 1 aromatic rings. The van der Waals surface area contributed by atoms with Gasteiger partial charge in [0, 0.05) is 24.5 Å². The quantitative estimate of drug-likeness (QED) is 0.804. The maximum atomic E-state index is 4.42. The molecule has 1 atom stereocenters. The van der Waals surface area contributed by atoms with Crippen LogP contribution < -0.4 is 5.32 Å². The average molecular weight is 227 g/mol. The Morgan fingerprint density at radius 3 is 2.87 bits per heavy atom. The van der Waals surface area contributed by atoms with Gasteiger partial charge >= 0.3 is 0 Å². The maximum Gasteiger partial charge on any atom is 0.0897 e. The van der Waals surface area contributed by atoms with Gasteiger partial charge in [0.25, 0.3) is 0 Å². The van der Waals surface area contributed by atoms with Crippen molar-refractivity contribution in [1.82, 2.24) is 15.2 Å². The van der Waals surface area contributed by atoms with Crippen molar-refractivity contribution in [3.63, 3.8) is 0 Å². The Labute approximate surface area is 96.5 Å². The molecule has 0 fully saturated rings. The second-order valence-corrected chi connectivity index (χ2v) is 5.06. The van der Waals surface area contributed by atoms with E-state index in [4.69, 9.17) is 0 Å². The van der Waals surface area contributed by atoms with E-state index in [1.807, 2.05) is 6.92 Å². The van der Waals surface area contributed by atoms with Gasteiger partial charge in [-0.3, -0.25) is 0 Å². The van der Waals surface area contributed by atoms with Crippen molar-refractivity contribution in [3.05, 3.63) is 16.1 Å². The molecule has 0 aromatic carbocycles. The van der Waals surface area contributed by atoms with E-state index in [1.54, 1.807) is 11.3 Å². The lowest BCUT2D eigenvalue weighted by atomic mass is 10.3. The lowest BCUT2D eigenvalue weighted by Gasteiger charge is -2.20. The number of hydrogen-bond acceptors (Lipinski definition) is 4. The summed E-state index contributed by atoms with van der Waals surface area (Å²) in [6, 6.07) is 0.511. The van der Waals surface area contributed by atoms with Gasteiger partial charge in [-0.25, -0.2) is 4.98 Å². The Kier molecular flexibility index (Phi) is 5.22. The van der Waals surface area contributed by atoms with E-state index in [0.29, 0.717) is 6.04 Å². The van der Waals surface area contributed by atoms with Crippen LogP contribution in [0.2, 0.25) is 0 Å². The van der Waals surface area contributed by atoms with Gasteiger partial charge in [0.2, 0.25) is 0 Å². The summed E-state index contributed by atoms with van der Waals surface area (Å²) in [7, 11) is 2.14. The number of aromatic nitrogens is 1. The van der Waals surface area contributed by atoms with Crippen LogP contribution in [0.1, 0.15) is 24.5 Å². The summed E-state index contributed by atoms with van der Waals surface area (Å²) in [6.45, 7) is 9.49. The van der Waals surface area contributed by atoms with Gasteiger partial charge in [-0.05, 0) is 27.4 Å². The molecule has 86 valence electrons. The molecule has 1 N–H and O–H groups in total. The first-order valence-electron chi connectivity index (χ1n) is 5.44. The molecule has 0 spiro atoms. The third-order valence-electron chi connectivity index (χ3n) is 2.42. The van der Waals surface area contributed by atoms with Gasteiger partial charge in [-0.1, -0.05) is 6.92 Å². The summed E-state index contributed by atoms with van der Waals surface area (Å²) < 4.78 is 0. The van der Waals surface area contributed by atoms with Crippen LogP contribution in [0.5, 0.6) is 0 Å². The van der Waals surface area contributed by atoms with Gasteiger partial charge in [0.05, 0.1) is 10.7 Å². The van der Waals surface area contributed by atoms with E-state index >= 15 is 0 Å². The van der Waals surface area contributed by atoms with Crippen LogP contribution in [-0.4, -0.2) is 36.1 Å². The summed E-state index contributed by atoms with van der Waals surface area (Å²) in [5.41, 5.74) is 1.16. The Morgan fingerprint density at radius 1 is 1.60 bits per heavy atom. The second kappa shape index (κ2) is 6.20. The number of nitrogens with one attached hydrogen (secondary N) is 1. The molecule has 0 amide bonds. The predicted molar refractivity (Wildman–Crippen MR) is 66.3 cm³/mol. The van der Waals surface area contributed by atoms with Crippen molar-refractivity contribution >= 4 is 11.3 Å². The van der Waals surface area contributed by atoms with Gasteiger partial charge < -0.3 is 10.2 Å². The number of rotatable bonds is 6. The fraction of sp³-hybridized carbons (Fsp3) is 0.727. The van der Waals surface area contributed by atoms with E-state index < -0.39 is 0 Å². The SMILES string of the molecule is CCN(C)CC(C)NCc1csc(C)n1.